The summed E-state index contributed by atoms with van der Waals surface area (Å²) in [7, 11) is 3.43. The number of methoxy groups -OCH3 is 2. The molecular formula is C45H38O3. The number of fused-ring (bicyclic) bond motifs is 11. The average molecular weight is 627 g/mol. The molecule has 0 aromatic heterocycles. The minimum atomic E-state index is -0.890. The molecule has 0 spiro atoms. The highest BCUT2D eigenvalue weighted by Crippen LogP contribution is 2.59. The maximum atomic E-state index is 7.62. The fourth-order valence-corrected chi connectivity index (χ4v) is 8.81. The van der Waals surface area contributed by atoms with Crippen LogP contribution in [0.4, 0.5) is 0 Å². The third-order valence-corrected chi connectivity index (χ3v) is 11.3. The second kappa shape index (κ2) is 9.87. The molecule has 1 unspecified atom stereocenters. The van der Waals surface area contributed by atoms with E-state index in [9.17, 15) is 0 Å². The Kier molecular flexibility index (Phi) is 5.94. The van der Waals surface area contributed by atoms with Gasteiger partial charge in [0, 0.05) is 32.9 Å². The number of benzene rings is 6. The van der Waals surface area contributed by atoms with Gasteiger partial charge in [0.25, 0.3) is 0 Å². The van der Waals surface area contributed by atoms with E-state index < -0.39 is 5.60 Å². The Bertz CT molecular complexity index is 2340. The summed E-state index contributed by atoms with van der Waals surface area (Å²) in [6, 6.07) is 39.3. The predicted molar refractivity (Wildman–Crippen MR) is 196 cm³/mol. The minimum Gasteiger partial charge on any atom is -0.497 e. The SMILES string of the molecule is COc1ccc(C2(c3ccc4c(c3)C(C)(C)c3ccccc3-4)C=Cc3c4c(c5ccc(OC)cc5c3O2)-c2ccccc2C4(C)C)cc1. The molecule has 6 aromatic carbocycles. The van der Waals surface area contributed by atoms with E-state index in [0.29, 0.717) is 0 Å². The Hall–Kier alpha value is -5.28. The van der Waals surface area contributed by atoms with E-state index in [2.05, 4.69) is 137 Å². The van der Waals surface area contributed by atoms with E-state index in [0.717, 1.165) is 39.3 Å². The van der Waals surface area contributed by atoms with Crippen LogP contribution in [0, 0.1) is 0 Å². The van der Waals surface area contributed by atoms with Crippen molar-refractivity contribution < 1.29 is 14.2 Å². The summed E-state index contributed by atoms with van der Waals surface area (Å²) in [5.74, 6) is 2.50. The summed E-state index contributed by atoms with van der Waals surface area (Å²) in [6.45, 7) is 9.34. The maximum absolute atomic E-state index is 7.62. The summed E-state index contributed by atoms with van der Waals surface area (Å²) in [5.41, 5.74) is 12.5. The van der Waals surface area contributed by atoms with Crippen LogP contribution in [0.2, 0.25) is 0 Å². The third kappa shape index (κ3) is 3.70. The Morgan fingerprint density at radius 2 is 1.17 bits per heavy atom. The van der Waals surface area contributed by atoms with Gasteiger partial charge >= 0.3 is 0 Å². The summed E-state index contributed by atoms with van der Waals surface area (Å²) in [6.07, 6.45) is 4.60. The highest BCUT2D eigenvalue weighted by Gasteiger charge is 2.45. The van der Waals surface area contributed by atoms with Gasteiger partial charge in [0.15, 0.2) is 5.60 Å². The van der Waals surface area contributed by atoms with Gasteiger partial charge in [-0.15, -0.1) is 0 Å². The van der Waals surface area contributed by atoms with E-state index in [1.807, 2.05) is 12.1 Å². The van der Waals surface area contributed by atoms with Gasteiger partial charge < -0.3 is 14.2 Å². The van der Waals surface area contributed by atoms with Crippen molar-refractivity contribution in [3.63, 3.8) is 0 Å². The molecule has 48 heavy (non-hydrogen) atoms. The lowest BCUT2D eigenvalue weighted by Gasteiger charge is -2.39. The first-order chi connectivity index (χ1) is 23.2. The first-order valence-electron chi connectivity index (χ1n) is 16.7. The Morgan fingerprint density at radius 3 is 1.90 bits per heavy atom. The van der Waals surface area contributed by atoms with Crippen LogP contribution in [0.1, 0.15) is 66.6 Å². The summed E-state index contributed by atoms with van der Waals surface area (Å²) >= 11 is 0. The van der Waals surface area contributed by atoms with E-state index >= 15 is 0 Å². The minimum absolute atomic E-state index is 0.143. The lowest BCUT2D eigenvalue weighted by molar-refractivity contribution is 0.163. The normalized spacial score (nSPS) is 18.7. The lowest BCUT2D eigenvalue weighted by atomic mass is 9.76. The van der Waals surface area contributed by atoms with Crippen molar-refractivity contribution >= 4 is 16.8 Å². The van der Waals surface area contributed by atoms with Gasteiger partial charge in [-0.3, -0.25) is 0 Å². The van der Waals surface area contributed by atoms with Crippen LogP contribution < -0.4 is 14.2 Å². The zero-order valence-electron chi connectivity index (χ0n) is 28.3. The van der Waals surface area contributed by atoms with Crippen molar-refractivity contribution in [2.24, 2.45) is 0 Å². The van der Waals surface area contributed by atoms with Crippen LogP contribution in [-0.2, 0) is 16.4 Å². The zero-order chi connectivity index (χ0) is 33.0. The van der Waals surface area contributed by atoms with Crippen molar-refractivity contribution in [2.45, 2.75) is 44.1 Å². The van der Waals surface area contributed by atoms with E-state index in [-0.39, 0.29) is 10.8 Å². The van der Waals surface area contributed by atoms with E-state index in [1.54, 1.807) is 14.2 Å². The zero-order valence-corrected chi connectivity index (χ0v) is 28.3. The molecule has 0 fully saturated rings. The second-order valence-electron chi connectivity index (χ2n) is 14.4. The molecular weight excluding hydrogens is 588 g/mol. The lowest BCUT2D eigenvalue weighted by Crippen LogP contribution is -2.35. The van der Waals surface area contributed by atoms with Crippen molar-refractivity contribution in [1.29, 1.82) is 0 Å². The van der Waals surface area contributed by atoms with Gasteiger partial charge in [0.2, 0.25) is 0 Å². The second-order valence-corrected chi connectivity index (χ2v) is 14.4. The van der Waals surface area contributed by atoms with Crippen LogP contribution in [0.25, 0.3) is 39.1 Å². The van der Waals surface area contributed by atoms with Crippen LogP contribution in [-0.4, -0.2) is 14.2 Å². The molecule has 3 nitrogen and oxygen atoms in total. The van der Waals surface area contributed by atoms with Gasteiger partial charge in [-0.2, -0.15) is 0 Å². The number of ether oxygens (including phenoxy) is 3. The standard InChI is InChI=1S/C45H38O3/c1-43(2)37-13-9-7-11-31(37)32-21-17-28(25-39(32)43)45(27-15-18-29(46-5)19-16-27)24-23-35-41-40(34-12-8-10-14-38(34)44(41,3)4)33-22-20-30(47-6)26-36(33)42(35)48-45/h7-26H,1-6H3. The molecule has 0 bridgehead atoms. The molecule has 3 heteroatoms. The first-order valence-corrected chi connectivity index (χ1v) is 16.7. The van der Waals surface area contributed by atoms with Gasteiger partial charge in [-0.1, -0.05) is 107 Å². The van der Waals surface area contributed by atoms with Crippen molar-refractivity contribution in [3.05, 3.63) is 154 Å². The van der Waals surface area contributed by atoms with Crippen molar-refractivity contribution in [3.8, 4) is 39.5 Å². The van der Waals surface area contributed by atoms with Crippen molar-refractivity contribution in [2.75, 3.05) is 14.2 Å². The molecule has 0 amide bonds. The molecule has 0 N–H and O–H groups in total. The number of rotatable bonds is 4. The molecule has 0 radical (unpaired) electrons. The molecule has 3 aliphatic rings. The molecule has 9 rings (SSSR count). The first kappa shape index (κ1) is 28.9. The van der Waals surface area contributed by atoms with Gasteiger partial charge in [-0.05, 0) is 92.4 Å². The quantitative estimate of drug-likeness (QED) is 0.195. The molecule has 0 saturated carbocycles. The molecule has 1 aliphatic heterocycles. The molecule has 6 aromatic rings. The average Bonchev–Trinajstić information content (AvgIpc) is 3.51. The Balaban J connectivity index is 1.33. The van der Waals surface area contributed by atoms with Crippen LogP contribution in [0.15, 0.2) is 115 Å². The summed E-state index contributed by atoms with van der Waals surface area (Å²) in [5, 5.41) is 2.22. The number of hydrogen-bond acceptors (Lipinski definition) is 3. The monoisotopic (exact) mass is 626 g/mol. The fourth-order valence-electron chi connectivity index (χ4n) is 8.81. The summed E-state index contributed by atoms with van der Waals surface area (Å²) < 4.78 is 19.0. The van der Waals surface area contributed by atoms with Crippen molar-refractivity contribution in [1.82, 2.24) is 0 Å². The molecule has 236 valence electrons. The smallest absolute Gasteiger partial charge is 0.178 e. The molecule has 0 saturated heterocycles. The molecule has 1 heterocycles. The fraction of sp³-hybridized carbons (Fsp3) is 0.200. The van der Waals surface area contributed by atoms with Gasteiger partial charge in [-0.25, -0.2) is 0 Å². The number of hydrogen-bond donors (Lipinski definition) is 0. The van der Waals surface area contributed by atoms with Crippen LogP contribution in [0.3, 0.4) is 0 Å². The van der Waals surface area contributed by atoms with E-state index in [1.165, 1.54) is 49.9 Å². The highest BCUT2D eigenvalue weighted by molar-refractivity contribution is 6.09. The van der Waals surface area contributed by atoms with Gasteiger partial charge in [0.05, 0.1) is 14.2 Å². The Morgan fingerprint density at radius 1 is 0.542 bits per heavy atom. The molecule has 1 atom stereocenters. The van der Waals surface area contributed by atoms with Crippen LogP contribution >= 0.6 is 0 Å². The predicted octanol–water partition coefficient (Wildman–Crippen LogP) is 10.8. The Labute approximate surface area is 282 Å². The maximum Gasteiger partial charge on any atom is 0.178 e. The highest BCUT2D eigenvalue weighted by atomic mass is 16.5. The largest absolute Gasteiger partial charge is 0.497 e. The topological polar surface area (TPSA) is 27.7 Å². The molecule has 2 aliphatic carbocycles. The van der Waals surface area contributed by atoms with E-state index in [4.69, 9.17) is 14.2 Å². The van der Waals surface area contributed by atoms with Crippen LogP contribution in [0.5, 0.6) is 17.2 Å². The van der Waals surface area contributed by atoms with Gasteiger partial charge in [0.1, 0.15) is 17.2 Å². The summed E-state index contributed by atoms with van der Waals surface area (Å²) in [4.78, 5) is 0. The third-order valence-electron chi connectivity index (χ3n) is 11.3.